The smallest absolute Gasteiger partial charge is 0.245 e. The Morgan fingerprint density at radius 3 is 2.37 bits per heavy atom. The number of halogens is 1. The zero-order valence-electron chi connectivity index (χ0n) is 20.5. The summed E-state index contributed by atoms with van der Waals surface area (Å²) in [6.45, 7) is 2.99. The van der Waals surface area contributed by atoms with Gasteiger partial charge in [-0.1, -0.05) is 37.4 Å². The van der Waals surface area contributed by atoms with Crippen LogP contribution in [0, 0.1) is 3.57 Å². The van der Waals surface area contributed by atoms with Crippen molar-refractivity contribution in [3.63, 3.8) is 0 Å². The fourth-order valence-corrected chi connectivity index (χ4v) is 4.95. The lowest BCUT2D eigenvalue weighted by molar-refractivity contribution is 0.122. The molecule has 38 heavy (non-hydrogen) atoms. The third-order valence-electron chi connectivity index (χ3n) is 5.61. The number of rotatable bonds is 9. The highest BCUT2D eigenvalue weighted by molar-refractivity contribution is 14.2. The Morgan fingerprint density at radius 2 is 1.66 bits per heavy atom. The van der Waals surface area contributed by atoms with Gasteiger partial charge in [-0.2, -0.15) is 10.1 Å². The number of hydrogen-bond acceptors (Lipinski definition) is 10. The minimum atomic E-state index is -0.392. The van der Waals surface area contributed by atoms with Crippen LogP contribution in [-0.4, -0.2) is 57.1 Å². The summed E-state index contributed by atoms with van der Waals surface area (Å²) in [5.41, 5.74) is 7.05. The molecule has 5 rings (SSSR count). The van der Waals surface area contributed by atoms with E-state index in [1.54, 1.807) is 30.6 Å². The van der Waals surface area contributed by atoms with Gasteiger partial charge in [0.25, 0.3) is 0 Å². The van der Waals surface area contributed by atoms with Gasteiger partial charge in [0, 0.05) is 42.4 Å². The molecular weight excluding hydrogens is 595 g/mol. The first-order chi connectivity index (χ1) is 18.7. The molecule has 4 N–H and O–H groups in total. The molecule has 11 heteroatoms. The van der Waals surface area contributed by atoms with E-state index >= 15 is 0 Å². The summed E-state index contributed by atoms with van der Waals surface area (Å²) >= 11 is -0.392. The van der Waals surface area contributed by atoms with E-state index in [0.717, 1.165) is 45.2 Å². The molecule has 1 saturated heterocycles. The summed E-state index contributed by atoms with van der Waals surface area (Å²) in [6, 6.07) is 18.7. The van der Waals surface area contributed by atoms with Crippen molar-refractivity contribution in [3.8, 4) is 5.75 Å². The van der Waals surface area contributed by atoms with Crippen molar-refractivity contribution in [1.82, 2.24) is 15.0 Å². The minimum Gasteiger partial charge on any atom is -0.508 e. The number of ether oxygens (including phenoxy) is 1. The van der Waals surface area contributed by atoms with Crippen molar-refractivity contribution >= 4 is 66.0 Å². The van der Waals surface area contributed by atoms with E-state index in [-0.39, 0.29) is 5.75 Å². The summed E-state index contributed by atoms with van der Waals surface area (Å²) < 4.78 is 10.7. The first kappa shape index (κ1) is 25.5. The second-order valence-electron chi connectivity index (χ2n) is 8.32. The Labute approximate surface area is 230 Å². The number of benzene rings is 2. The molecule has 0 aliphatic carbocycles. The fourth-order valence-electron chi connectivity index (χ4n) is 3.81. The molecule has 2 aromatic heterocycles. The first-order valence-corrected chi connectivity index (χ1v) is 14.5. The number of nitrogens with zero attached hydrogens (tertiary/aromatic N) is 5. The van der Waals surface area contributed by atoms with Crippen molar-refractivity contribution in [2.24, 2.45) is 5.10 Å². The van der Waals surface area contributed by atoms with Gasteiger partial charge in [-0.05, 0) is 42.5 Å². The molecule has 0 spiro atoms. The van der Waals surface area contributed by atoms with Crippen LogP contribution in [0.2, 0.25) is 0 Å². The highest BCUT2D eigenvalue weighted by Gasteiger charge is 2.16. The van der Waals surface area contributed by atoms with Crippen molar-refractivity contribution in [3.05, 3.63) is 82.3 Å². The predicted molar refractivity (Wildman–Crippen MR) is 161 cm³/mol. The summed E-state index contributed by atoms with van der Waals surface area (Å²) in [7, 11) is 0. The van der Waals surface area contributed by atoms with Crippen molar-refractivity contribution in [2.75, 3.05) is 47.3 Å². The molecular formula is C27H27IN8O2. The quantitative estimate of drug-likeness (QED) is 0.117. The van der Waals surface area contributed by atoms with E-state index in [0.29, 0.717) is 24.9 Å². The summed E-state index contributed by atoms with van der Waals surface area (Å²) in [4.78, 5) is 15.7. The number of phenols is 1. The molecule has 1 aliphatic rings. The lowest BCUT2D eigenvalue weighted by Gasteiger charge is -2.28. The number of aromatic hydroxyl groups is 1. The number of nitrogens with one attached hydrogen (secondary N) is 3. The average Bonchev–Trinajstić information content (AvgIpc) is 2.95. The lowest BCUT2D eigenvalue weighted by atomic mass is 10.2. The molecule has 1 aliphatic heterocycles. The van der Waals surface area contributed by atoms with Gasteiger partial charge in [0.05, 0.1) is 40.6 Å². The Balaban J connectivity index is 1.19. The summed E-state index contributed by atoms with van der Waals surface area (Å²) in [6.07, 6.45) is 5.21. The molecule has 194 valence electrons. The number of phenolic OH excluding ortho intramolecular Hbond substituents is 1. The van der Waals surface area contributed by atoms with Gasteiger partial charge in [-0.3, -0.25) is 4.98 Å². The van der Waals surface area contributed by atoms with Crippen molar-refractivity contribution in [2.45, 2.75) is 0 Å². The third-order valence-corrected chi connectivity index (χ3v) is 7.20. The average molecular weight is 622 g/mol. The molecule has 1 fully saturated rings. The number of aromatic nitrogens is 3. The van der Waals surface area contributed by atoms with E-state index in [1.807, 2.05) is 48.7 Å². The lowest BCUT2D eigenvalue weighted by Crippen LogP contribution is -2.37. The Kier molecular flexibility index (Phi) is 8.36. The number of anilines is 6. The van der Waals surface area contributed by atoms with Crippen molar-refractivity contribution in [1.29, 1.82) is 0 Å². The SMILES string of the molecule is C=Ic1cnc(N/N=C/c2ccc(Nc3cccc(Nc4cccc(O)c4)c3)cn2)nc1N1CCOCC1. The van der Waals surface area contributed by atoms with Gasteiger partial charge in [-0.15, -0.1) is 0 Å². The zero-order valence-corrected chi connectivity index (χ0v) is 22.7. The highest BCUT2D eigenvalue weighted by atomic mass is 127. The van der Waals surface area contributed by atoms with Crippen LogP contribution in [0.3, 0.4) is 0 Å². The summed E-state index contributed by atoms with van der Waals surface area (Å²) in [5.74, 6) is 1.56. The number of morpholine rings is 1. The Morgan fingerprint density at radius 1 is 0.921 bits per heavy atom. The predicted octanol–water partition coefficient (Wildman–Crippen LogP) is 4.92. The number of hydrazone groups is 1. The maximum Gasteiger partial charge on any atom is 0.245 e. The molecule has 0 atom stereocenters. The van der Waals surface area contributed by atoms with Crippen LogP contribution >= 0.6 is 20.7 Å². The molecule has 0 unspecified atom stereocenters. The maximum atomic E-state index is 9.67. The minimum absolute atomic E-state index is 0.215. The van der Waals surface area contributed by atoms with Gasteiger partial charge >= 0.3 is 0 Å². The van der Waals surface area contributed by atoms with Crippen LogP contribution < -0.4 is 21.0 Å². The molecule has 4 aromatic rings. The van der Waals surface area contributed by atoms with Crippen LogP contribution in [0.5, 0.6) is 5.75 Å². The first-order valence-electron chi connectivity index (χ1n) is 11.9. The number of hydrogen-bond donors (Lipinski definition) is 4. The molecule has 2 aromatic carbocycles. The normalized spacial score (nSPS) is 13.4. The Hall–Kier alpha value is -4.10. The van der Waals surface area contributed by atoms with E-state index < -0.39 is 20.7 Å². The van der Waals surface area contributed by atoms with Gasteiger partial charge < -0.3 is 25.4 Å². The standard InChI is InChI=1S/C27H27IN8O2/c1-28-25-18-30-27(34-26(25)36-10-12-38-13-11-36)35-31-17-22-8-9-23(16-29-22)33-20-5-2-4-19(14-20)32-21-6-3-7-24(37)15-21/h2-9,14-18,32-33,37H,1,10-13H2,(H,30,34,35)/b31-17+. The van der Waals surface area contributed by atoms with Crippen LogP contribution in [0.25, 0.3) is 0 Å². The largest absolute Gasteiger partial charge is 0.508 e. The second kappa shape index (κ2) is 12.4. The fraction of sp³-hybridized carbons (Fsp3) is 0.148. The van der Waals surface area contributed by atoms with Gasteiger partial charge in [0.15, 0.2) is 0 Å². The Bertz CT molecular complexity index is 1430. The van der Waals surface area contributed by atoms with E-state index in [2.05, 4.69) is 45.5 Å². The van der Waals surface area contributed by atoms with Crippen LogP contribution in [0.4, 0.5) is 34.5 Å². The molecule has 3 heterocycles. The highest BCUT2D eigenvalue weighted by Crippen LogP contribution is 2.25. The van der Waals surface area contributed by atoms with Gasteiger partial charge in [-0.25, -0.2) is 10.4 Å². The molecule has 0 bridgehead atoms. The molecule has 0 radical (unpaired) electrons. The second-order valence-corrected chi connectivity index (χ2v) is 10.2. The van der Waals surface area contributed by atoms with Crippen LogP contribution in [0.1, 0.15) is 5.69 Å². The monoisotopic (exact) mass is 622 g/mol. The van der Waals surface area contributed by atoms with Gasteiger partial charge in [0.1, 0.15) is 11.6 Å². The van der Waals surface area contributed by atoms with E-state index in [1.165, 1.54) is 0 Å². The third kappa shape index (κ3) is 6.81. The van der Waals surface area contributed by atoms with E-state index in [9.17, 15) is 5.11 Å². The molecule has 10 nitrogen and oxygen atoms in total. The van der Waals surface area contributed by atoms with Crippen LogP contribution in [0.15, 0.2) is 78.2 Å². The molecule has 0 saturated carbocycles. The number of pyridine rings is 1. The van der Waals surface area contributed by atoms with E-state index in [4.69, 9.17) is 4.74 Å². The zero-order chi connectivity index (χ0) is 26.2. The van der Waals surface area contributed by atoms with Crippen LogP contribution in [-0.2, 0) is 4.74 Å². The topological polar surface area (TPSA) is 120 Å². The summed E-state index contributed by atoms with van der Waals surface area (Å²) in [5, 5.41) is 20.6. The molecule has 0 amide bonds. The van der Waals surface area contributed by atoms with Gasteiger partial charge in [0.2, 0.25) is 5.95 Å². The van der Waals surface area contributed by atoms with Crippen molar-refractivity contribution < 1.29 is 9.84 Å². The maximum absolute atomic E-state index is 9.67.